The fourth-order valence-corrected chi connectivity index (χ4v) is 3.26. The van der Waals surface area contributed by atoms with E-state index in [1.807, 2.05) is 4.90 Å². The zero-order valence-corrected chi connectivity index (χ0v) is 14.8. The van der Waals surface area contributed by atoms with Gasteiger partial charge in [-0.15, -0.1) is 0 Å². The highest BCUT2D eigenvalue weighted by Crippen LogP contribution is 2.30. The largest absolute Gasteiger partial charge is 0.433 e. The molecule has 0 N–H and O–H groups in total. The Bertz CT molecular complexity index is 790. The summed E-state index contributed by atoms with van der Waals surface area (Å²) < 4.78 is 66.0. The second-order valence-corrected chi connectivity index (χ2v) is 6.56. The number of alkyl halides is 5. The summed E-state index contributed by atoms with van der Waals surface area (Å²) in [6, 6.07) is 0.839. The molecule has 0 saturated carbocycles. The summed E-state index contributed by atoms with van der Waals surface area (Å²) in [6.45, 7) is 1.48. The van der Waals surface area contributed by atoms with E-state index >= 15 is 0 Å². The highest BCUT2D eigenvalue weighted by molar-refractivity contribution is 5.40. The van der Waals surface area contributed by atoms with Crippen molar-refractivity contribution < 1.29 is 22.0 Å². The van der Waals surface area contributed by atoms with E-state index in [-0.39, 0.29) is 17.6 Å². The maximum Gasteiger partial charge on any atom is 0.433 e. The molecule has 0 radical (unpaired) electrons. The van der Waals surface area contributed by atoms with Crippen LogP contribution in [-0.2, 0) is 19.8 Å². The van der Waals surface area contributed by atoms with Gasteiger partial charge in [0, 0.05) is 57.6 Å². The van der Waals surface area contributed by atoms with Gasteiger partial charge in [-0.05, 0) is 6.42 Å². The molecule has 0 bridgehead atoms. The van der Waals surface area contributed by atoms with Crippen LogP contribution in [0.25, 0.3) is 0 Å². The van der Waals surface area contributed by atoms with Crippen molar-refractivity contribution in [1.29, 1.82) is 0 Å². The van der Waals surface area contributed by atoms with Crippen LogP contribution in [0.3, 0.4) is 0 Å². The molecule has 2 aromatic heterocycles. The molecule has 0 amide bonds. The van der Waals surface area contributed by atoms with Crippen LogP contribution in [0.4, 0.5) is 27.8 Å². The van der Waals surface area contributed by atoms with Gasteiger partial charge in [-0.25, -0.2) is 18.7 Å². The lowest BCUT2D eigenvalue weighted by Gasteiger charge is -2.26. The molecule has 1 atom stereocenters. The van der Waals surface area contributed by atoms with E-state index in [0.717, 1.165) is 12.4 Å². The van der Waals surface area contributed by atoms with Crippen LogP contribution >= 0.6 is 0 Å². The first kappa shape index (κ1) is 19.5. The van der Waals surface area contributed by atoms with Gasteiger partial charge in [-0.3, -0.25) is 9.58 Å². The van der Waals surface area contributed by atoms with Gasteiger partial charge in [0.1, 0.15) is 23.5 Å². The van der Waals surface area contributed by atoms with Crippen LogP contribution in [0.15, 0.2) is 18.6 Å². The lowest BCUT2D eigenvalue weighted by Crippen LogP contribution is -2.35. The number of halogens is 5. The standard InChI is InChI=1S/C16H19F5N6/c1-25-6-10(14(24-25)15(17)18)7-27-4-3-11(8-27)26(2)13-5-12(16(19,20)21)22-9-23-13/h5-6,9,11,15H,3-4,7-8H2,1-2H3. The van der Waals surface area contributed by atoms with Crippen LogP contribution in [0, 0.1) is 0 Å². The third-order valence-electron chi connectivity index (χ3n) is 4.64. The Labute approximate surface area is 152 Å². The summed E-state index contributed by atoms with van der Waals surface area (Å²) in [5, 5.41) is 3.79. The average Bonchev–Trinajstić information content (AvgIpc) is 3.20. The second-order valence-electron chi connectivity index (χ2n) is 6.56. The third kappa shape index (κ3) is 4.34. The molecule has 3 rings (SSSR count). The second kappa shape index (κ2) is 7.37. The van der Waals surface area contributed by atoms with Gasteiger partial charge in [0.15, 0.2) is 0 Å². The van der Waals surface area contributed by atoms with Crippen molar-refractivity contribution in [2.24, 2.45) is 7.05 Å². The Hall–Kier alpha value is -2.30. The monoisotopic (exact) mass is 390 g/mol. The molecule has 6 nitrogen and oxygen atoms in total. The maximum absolute atomic E-state index is 13.1. The van der Waals surface area contributed by atoms with E-state index in [0.29, 0.717) is 31.6 Å². The first-order valence-electron chi connectivity index (χ1n) is 8.30. The van der Waals surface area contributed by atoms with Gasteiger partial charge in [0.2, 0.25) is 0 Å². The molecule has 1 fully saturated rings. The molecule has 1 saturated heterocycles. The van der Waals surface area contributed by atoms with Crippen molar-refractivity contribution in [2.75, 3.05) is 25.0 Å². The summed E-state index contributed by atoms with van der Waals surface area (Å²) in [7, 11) is 3.26. The molecule has 2 aromatic rings. The van der Waals surface area contributed by atoms with Gasteiger partial charge in [-0.2, -0.15) is 18.3 Å². The van der Waals surface area contributed by atoms with Gasteiger partial charge in [0.25, 0.3) is 6.43 Å². The minimum Gasteiger partial charge on any atom is -0.355 e. The van der Waals surface area contributed by atoms with Crippen molar-refractivity contribution in [3.63, 3.8) is 0 Å². The number of hydrogen-bond acceptors (Lipinski definition) is 5. The van der Waals surface area contributed by atoms with Gasteiger partial charge in [-0.1, -0.05) is 0 Å². The minimum atomic E-state index is -4.54. The number of nitrogens with zero attached hydrogens (tertiary/aromatic N) is 6. The fraction of sp³-hybridized carbons (Fsp3) is 0.562. The quantitative estimate of drug-likeness (QED) is 0.735. The van der Waals surface area contributed by atoms with E-state index in [9.17, 15) is 22.0 Å². The number of hydrogen-bond donors (Lipinski definition) is 0. The van der Waals surface area contributed by atoms with E-state index in [1.165, 1.54) is 4.68 Å². The molecule has 148 valence electrons. The van der Waals surface area contributed by atoms with E-state index < -0.39 is 18.3 Å². The first-order chi connectivity index (χ1) is 12.6. The van der Waals surface area contributed by atoms with E-state index in [2.05, 4.69) is 15.1 Å². The molecular formula is C16H19F5N6. The summed E-state index contributed by atoms with van der Waals surface area (Å²) in [4.78, 5) is 10.9. The molecule has 1 unspecified atom stereocenters. The summed E-state index contributed by atoms with van der Waals surface area (Å²) >= 11 is 0. The third-order valence-corrected chi connectivity index (χ3v) is 4.64. The topological polar surface area (TPSA) is 50.1 Å². The number of likely N-dealkylation sites (tertiary alicyclic amines) is 1. The van der Waals surface area contributed by atoms with Crippen LogP contribution < -0.4 is 4.90 Å². The van der Waals surface area contributed by atoms with Crippen molar-refractivity contribution in [3.8, 4) is 0 Å². The Morgan fingerprint density at radius 3 is 2.70 bits per heavy atom. The predicted octanol–water partition coefficient (Wildman–Crippen LogP) is 2.88. The van der Waals surface area contributed by atoms with E-state index in [4.69, 9.17) is 0 Å². The average molecular weight is 390 g/mol. The van der Waals surface area contributed by atoms with Crippen molar-refractivity contribution in [2.45, 2.75) is 31.6 Å². The summed E-state index contributed by atoms with van der Waals surface area (Å²) in [6.07, 6.45) is -4.04. The van der Waals surface area contributed by atoms with Gasteiger partial charge < -0.3 is 4.90 Å². The van der Waals surface area contributed by atoms with Crippen LogP contribution in [0.1, 0.15) is 29.8 Å². The molecule has 11 heteroatoms. The number of anilines is 1. The highest BCUT2D eigenvalue weighted by Gasteiger charge is 2.34. The lowest BCUT2D eigenvalue weighted by molar-refractivity contribution is -0.141. The maximum atomic E-state index is 13.1. The molecule has 1 aliphatic rings. The van der Waals surface area contributed by atoms with Crippen molar-refractivity contribution in [3.05, 3.63) is 35.5 Å². The molecule has 1 aliphatic heterocycles. The smallest absolute Gasteiger partial charge is 0.355 e. The van der Waals surface area contributed by atoms with Crippen molar-refractivity contribution in [1.82, 2.24) is 24.6 Å². The van der Waals surface area contributed by atoms with E-state index in [1.54, 1.807) is 25.2 Å². The molecule has 0 spiro atoms. The lowest BCUT2D eigenvalue weighted by atomic mass is 10.2. The van der Waals surface area contributed by atoms with Crippen LogP contribution in [0.2, 0.25) is 0 Å². The number of aryl methyl sites for hydroxylation is 1. The number of likely N-dealkylation sites (N-methyl/N-ethyl adjacent to an activating group) is 1. The van der Waals surface area contributed by atoms with Gasteiger partial charge in [0.05, 0.1) is 0 Å². The van der Waals surface area contributed by atoms with Crippen molar-refractivity contribution >= 4 is 5.82 Å². The zero-order valence-electron chi connectivity index (χ0n) is 14.8. The predicted molar refractivity (Wildman–Crippen MR) is 87.3 cm³/mol. The van der Waals surface area contributed by atoms with Crippen LogP contribution in [-0.4, -0.2) is 50.8 Å². The number of aromatic nitrogens is 4. The normalized spacial score (nSPS) is 18.4. The first-order valence-corrected chi connectivity index (χ1v) is 8.30. The molecular weight excluding hydrogens is 371 g/mol. The minimum absolute atomic E-state index is 0.0762. The highest BCUT2D eigenvalue weighted by atomic mass is 19.4. The zero-order chi connectivity index (χ0) is 19.8. The SMILES string of the molecule is CN(c1cc(C(F)(F)F)ncn1)C1CCN(Cc2cn(C)nc2C(F)F)C1. The Kier molecular flexibility index (Phi) is 5.31. The molecule has 0 aliphatic carbocycles. The number of rotatable bonds is 5. The Morgan fingerprint density at radius 1 is 1.30 bits per heavy atom. The molecule has 3 heterocycles. The molecule has 27 heavy (non-hydrogen) atoms. The Balaban J connectivity index is 1.68. The van der Waals surface area contributed by atoms with Crippen LogP contribution in [0.5, 0.6) is 0 Å². The summed E-state index contributed by atoms with van der Waals surface area (Å²) in [5.74, 6) is 0.179. The fourth-order valence-electron chi connectivity index (χ4n) is 3.26. The van der Waals surface area contributed by atoms with Gasteiger partial charge >= 0.3 is 6.18 Å². The summed E-state index contributed by atoms with van der Waals surface area (Å²) in [5.41, 5.74) is -0.775. The Morgan fingerprint density at radius 2 is 2.04 bits per heavy atom. The molecule has 0 aromatic carbocycles.